The van der Waals surface area contributed by atoms with Gasteiger partial charge in [-0.25, -0.2) is 0 Å². The SMILES string of the molecule is COc1cc(OC)cc(C(=O)N2CCN(C(=O)C3(N)CCCC3)CC2)c1.Cl. The first-order valence-corrected chi connectivity index (χ1v) is 9.07. The topological polar surface area (TPSA) is 85.1 Å². The maximum absolute atomic E-state index is 12.8. The number of piperazine rings is 1. The summed E-state index contributed by atoms with van der Waals surface area (Å²) in [6.45, 7) is 2.04. The predicted molar refractivity (Wildman–Crippen MR) is 105 cm³/mol. The monoisotopic (exact) mass is 397 g/mol. The van der Waals surface area contributed by atoms with Crippen molar-refractivity contribution in [1.29, 1.82) is 0 Å². The summed E-state index contributed by atoms with van der Waals surface area (Å²) in [7, 11) is 3.11. The second kappa shape index (κ2) is 8.80. The summed E-state index contributed by atoms with van der Waals surface area (Å²) in [5.74, 6) is 1.10. The van der Waals surface area contributed by atoms with E-state index in [0.29, 0.717) is 43.2 Å². The van der Waals surface area contributed by atoms with Crippen LogP contribution < -0.4 is 15.2 Å². The molecule has 27 heavy (non-hydrogen) atoms. The van der Waals surface area contributed by atoms with Gasteiger partial charge in [0, 0.05) is 37.8 Å². The highest BCUT2D eigenvalue weighted by molar-refractivity contribution is 5.95. The van der Waals surface area contributed by atoms with Crippen LogP contribution in [0.1, 0.15) is 36.0 Å². The number of nitrogens with two attached hydrogens (primary N) is 1. The fourth-order valence-electron chi connectivity index (χ4n) is 3.76. The summed E-state index contributed by atoms with van der Waals surface area (Å²) in [5.41, 5.74) is 6.10. The van der Waals surface area contributed by atoms with Gasteiger partial charge in [0.2, 0.25) is 5.91 Å². The van der Waals surface area contributed by atoms with Crippen LogP contribution in [0.15, 0.2) is 18.2 Å². The Morgan fingerprint density at radius 1 is 0.926 bits per heavy atom. The number of methoxy groups -OCH3 is 2. The summed E-state index contributed by atoms with van der Waals surface area (Å²) in [6.07, 6.45) is 3.54. The molecule has 8 heteroatoms. The van der Waals surface area contributed by atoms with Crippen molar-refractivity contribution in [3.63, 3.8) is 0 Å². The van der Waals surface area contributed by atoms with Crippen LogP contribution in [0.2, 0.25) is 0 Å². The van der Waals surface area contributed by atoms with E-state index in [1.807, 2.05) is 0 Å². The third-order valence-corrected chi connectivity index (χ3v) is 5.37. The Kier molecular flexibility index (Phi) is 6.95. The van der Waals surface area contributed by atoms with Crippen molar-refractivity contribution in [1.82, 2.24) is 9.80 Å². The molecule has 0 spiro atoms. The van der Waals surface area contributed by atoms with Crippen LogP contribution in [0.5, 0.6) is 11.5 Å². The van der Waals surface area contributed by atoms with E-state index in [-0.39, 0.29) is 24.2 Å². The highest BCUT2D eigenvalue weighted by Crippen LogP contribution is 2.29. The summed E-state index contributed by atoms with van der Waals surface area (Å²) >= 11 is 0. The average Bonchev–Trinajstić information content (AvgIpc) is 3.14. The number of rotatable bonds is 4. The van der Waals surface area contributed by atoms with Gasteiger partial charge in [-0.05, 0) is 25.0 Å². The Labute approximate surface area is 166 Å². The van der Waals surface area contributed by atoms with Gasteiger partial charge in [-0.3, -0.25) is 9.59 Å². The number of benzene rings is 1. The van der Waals surface area contributed by atoms with Gasteiger partial charge in [0.1, 0.15) is 11.5 Å². The van der Waals surface area contributed by atoms with Crippen molar-refractivity contribution in [3.8, 4) is 11.5 Å². The van der Waals surface area contributed by atoms with Crippen LogP contribution in [0.4, 0.5) is 0 Å². The van der Waals surface area contributed by atoms with E-state index in [0.717, 1.165) is 25.7 Å². The second-order valence-corrected chi connectivity index (χ2v) is 7.05. The molecule has 150 valence electrons. The first kappa shape index (κ1) is 21.3. The van der Waals surface area contributed by atoms with E-state index in [1.165, 1.54) is 0 Å². The number of hydrogen-bond donors (Lipinski definition) is 1. The Bertz CT molecular complexity index is 661. The average molecular weight is 398 g/mol. The molecule has 1 heterocycles. The van der Waals surface area contributed by atoms with Gasteiger partial charge in [-0.15, -0.1) is 12.4 Å². The molecule has 3 rings (SSSR count). The highest BCUT2D eigenvalue weighted by Gasteiger charge is 2.40. The molecule has 0 radical (unpaired) electrons. The lowest BCUT2D eigenvalue weighted by Crippen LogP contribution is -2.59. The zero-order valence-corrected chi connectivity index (χ0v) is 16.7. The molecule has 1 saturated carbocycles. The summed E-state index contributed by atoms with van der Waals surface area (Å²) in [4.78, 5) is 29.1. The zero-order valence-electron chi connectivity index (χ0n) is 15.9. The molecule has 1 aliphatic heterocycles. The van der Waals surface area contributed by atoms with Gasteiger partial charge in [0.15, 0.2) is 0 Å². The van der Waals surface area contributed by atoms with Crippen LogP contribution in [0, 0.1) is 0 Å². The molecule has 7 nitrogen and oxygen atoms in total. The molecule has 0 aromatic heterocycles. The quantitative estimate of drug-likeness (QED) is 0.835. The fourth-order valence-corrected chi connectivity index (χ4v) is 3.76. The normalized spacial score (nSPS) is 18.6. The van der Waals surface area contributed by atoms with Gasteiger partial charge in [-0.1, -0.05) is 12.8 Å². The maximum atomic E-state index is 12.8. The van der Waals surface area contributed by atoms with Crippen LogP contribution in [0.3, 0.4) is 0 Å². The van der Waals surface area contributed by atoms with E-state index < -0.39 is 5.54 Å². The van der Waals surface area contributed by atoms with E-state index in [9.17, 15) is 9.59 Å². The fraction of sp³-hybridized carbons (Fsp3) is 0.579. The number of halogens is 1. The summed E-state index contributed by atoms with van der Waals surface area (Å²) < 4.78 is 10.5. The number of ether oxygens (including phenoxy) is 2. The molecule has 1 saturated heterocycles. The molecule has 2 fully saturated rings. The van der Waals surface area contributed by atoms with Crippen molar-refractivity contribution >= 4 is 24.2 Å². The molecule has 1 aliphatic carbocycles. The van der Waals surface area contributed by atoms with E-state index >= 15 is 0 Å². The van der Waals surface area contributed by atoms with Crippen molar-refractivity contribution in [2.24, 2.45) is 5.73 Å². The van der Waals surface area contributed by atoms with Crippen molar-refractivity contribution in [3.05, 3.63) is 23.8 Å². The summed E-state index contributed by atoms with van der Waals surface area (Å²) in [5, 5.41) is 0. The minimum Gasteiger partial charge on any atom is -0.497 e. The lowest BCUT2D eigenvalue weighted by Gasteiger charge is -2.38. The molecule has 2 aliphatic rings. The standard InChI is InChI=1S/C19H27N3O4.ClH/c1-25-15-11-14(12-16(13-15)26-2)17(23)21-7-9-22(10-8-21)18(24)19(20)5-3-4-6-19;/h11-13H,3-10,20H2,1-2H3;1H. The van der Waals surface area contributed by atoms with Gasteiger partial charge >= 0.3 is 0 Å². The minimum absolute atomic E-state index is 0. The molecule has 0 bridgehead atoms. The smallest absolute Gasteiger partial charge is 0.254 e. The second-order valence-electron chi connectivity index (χ2n) is 7.05. The van der Waals surface area contributed by atoms with Gasteiger partial charge in [-0.2, -0.15) is 0 Å². The molecule has 1 aromatic carbocycles. The number of carbonyl (C=O) groups is 2. The van der Waals surface area contributed by atoms with Crippen LogP contribution in [-0.2, 0) is 4.79 Å². The number of amides is 2. The van der Waals surface area contributed by atoms with Gasteiger partial charge in [0.25, 0.3) is 5.91 Å². The van der Waals surface area contributed by atoms with Gasteiger partial charge < -0.3 is 25.0 Å². The van der Waals surface area contributed by atoms with E-state index in [1.54, 1.807) is 42.2 Å². The molecule has 0 atom stereocenters. The number of hydrogen-bond acceptors (Lipinski definition) is 5. The maximum Gasteiger partial charge on any atom is 0.254 e. The number of nitrogens with zero attached hydrogens (tertiary/aromatic N) is 2. The van der Waals surface area contributed by atoms with Crippen LogP contribution >= 0.6 is 12.4 Å². The predicted octanol–water partition coefficient (Wildman–Crippen LogP) is 1.68. The van der Waals surface area contributed by atoms with Crippen molar-refractivity contribution < 1.29 is 19.1 Å². The third kappa shape index (κ3) is 4.47. The van der Waals surface area contributed by atoms with Crippen LogP contribution in [0.25, 0.3) is 0 Å². The van der Waals surface area contributed by atoms with Crippen molar-refractivity contribution in [2.45, 2.75) is 31.2 Å². The Morgan fingerprint density at radius 2 is 1.41 bits per heavy atom. The largest absolute Gasteiger partial charge is 0.497 e. The molecule has 2 N–H and O–H groups in total. The first-order valence-electron chi connectivity index (χ1n) is 9.07. The Balaban J connectivity index is 0.00000261. The molecule has 1 aromatic rings. The first-order chi connectivity index (χ1) is 12.5. The van der Waals surface area contributed by atoms with E-state index in [2.05, 4.69) is 0 Å². The summed E-state index contributed by atoms with van der Waals surface area (Å²) in [6, 6.07) is 5.14. The number of carbonyl (C=O) groups excluding carboxylic acids is 2. The lowest BCUT2D eigenvalue weighted by atomic mass is 9.97. The van der Waals surface area contributed by atoms with E-state index in [4.69, 9.17) is 15.2 Å². The van der Waals surface area contributed by atoms with Crippen LogP contribution in [-0.4, -0.2) is 67.6 Å². The molecule has 0 unspecified atom stereocenters. The third-order valence-electron chi connectivity index (χ3n) is 5.37. The molecule has 2 amide bonds. The highest BCUT2D eigenvalue weighted by atomic mass is 35.5. The molecular weight excluding hydrogens is 370 g/mol. The lowest BCUT2D eigenvalue weighted by molar-refractivity contribution is -0.138. The Hall–Kier alpha value is -1.99. The van der Waals surface area contributed by atoms with Crippen molar-refractivity contribution in [2.75, 3.05) is 40.4 Å². The molecular formula is C19H28ClN3O4. The zero-order chi connectivity index (χ0) is 18.7. The minimum atomic E-state index is -0.702. The van der Waals surface area contributed by atoms with Gasteiger partial charge in [0.05, 0.1) is 19.8 Å². The Morgan fingerprint density at radius 3 is 1.89 bits per heavy atom.